The minimum absolute atomic E-state index is 0.000209. The standard InChI is InChI=1S/C21H25ClN2O3/c1-24(16-20(25)23-19-10-5-9-18(22)15-19)21(26)11-6-13-27-14-12-17-7-3-2-4-8-17/h2-5,7-10,15H,6,11-14,16H2,1H3,(H,23,25). The fourth-order valence-corrected chi connectivity index (χ4v) is 2.71. The van der Waals surface area contributed by atoms with Crippen LogP contribution in [-0.2, 0) is 20.7 Å². The van der Waals surface area contributed by atoms with Crippen LogP contribution in [0.2, 0.25) is 5.02 Å². The summed E-state index contributed by atoms with van der Waals surface area (Å²) in [6.45, 7) is 1.16. The number of ether oxygens (including phenoxy) is 1. The molecule has 0 unspecified atom stereocenters. The first-order valence-electron chi connectivity index (χ1n) is 8.95. The maximum absolute atomic E-state index is 12.1. The lowest BCUT2D eigenvalue weighted by molar-refractivity contribution is -0.133. The fraction of sp³-hybridized carbons (Fsp3) is 0.333. The van der Waals surface area contributed by atoms with Gasteiger partial charge in [0.1, 0.15) is 0 Å². The molecule has 2 aromatic carbocycles. The van der Waals surface area contributed by atoms with E-state index >= 15 is 0 Å². The van der Waals surface area contributed by atoms with Crippen molar-refractivity contribution in [1.29, 1.82) is 0 Å². The van der Waals surface area contributed by atoms with Crippen LogP contribution in [-0.4, -0.2) is 43.5 Å². The number of carbonyl (C=O) groups is 2. The third-order valence-corrected chi connectivity index (χ3v) is 4.21. The number of benzene rings is 2. The molecule has 1 N–H and O–H groups in total. The molecule has 0 spiro atoms. The number of nitrogens with one attached hydrogen (secondary N) is 1. The van der Waals surface area contributed by atoms with Crippen molar-refractivity contribution in [1.82, 2.24) is 4.90 Å². The highest BCUT2D eigenvalue weighted by Crippen LogP contribution is 2.14. The Morgan fingerprint density at radius 2 is 1.85 bits per heavy atom. The lowest BCUT2D eigenvalue weighted by Crippen LogP contribution is -2.34. The summed E-state index contributed by atoms with van der Waals surface area (Å²) in [6.07, 6.45) is 1.85. The van der Waals surface area contributed by atoms with Gasteiger partial charge in [0.15, 0.2) is 0 Å². The molecule has 2 rings (SSSR count). The Bertz CT molecular complexity index is 737. The van der Waals surface area contributed by atoms with Crippen molar-refractivity contribution in [3.63, 3.8) is 0 Å². The van der Waals surface area contributed by atoms with Crippen molar-refractivity contribution in [2.75, 3.05) is 32.1 Å². The molecule has 27 heavy (non-hydrogen) atoms. The van der Waals surface area contributed by atoms with Gasteiger partial charge in [0.2, 0.25) is 11.8 Å². The molecule has 0 heterocycles. The topological polar surface area (TPSA) is 58.6 Å². The Balaban J connectivity index is 1.58. The van der Waals surface area contributed by atoms with Crippen LogP contribution in [0.3, 0.4) is 0 Å². The van der Waals surface area contributed by atoms with Crippen LogP contribution in [0, 0.1) is 0 Å². The molecule has 144 valence electrons. The molecule has 0 aliphatic rings. The van der Waals surface area contributed by atoms with Gasteiger partial charge in [-0.2, -0.15) is 0 Å². The molecule has 0 saturated heterocycles. The maximum Gasteiger partial charge on any atom is 0.243 e. The average molecular weight is 389 g/mol. The van der Waals surface area contributed by atoms with Crippen molar-refractivity contribution in [2.45, 2.75) is 19.3 Å². The number of hydrogen-bond acceptors (Lipinski definition) is 3. The molecular weight excluding hydrogens is 364 g/mol. The van der Waals surface area contributed by atoms with Gasteiger partial charge in [-0.1, -0.05) is 48.0 Å². The van der Waals surface area contributed by atoms with E-state index in [1.165, 1.54) is 10.5 Å². The van der Waals surface area contributed by atoms with Gasteiger partial charge in [0.05, 0.1) is 13.2 Å². The molecule has 0 fully saturated rings. The third-order valence-electron chi connectivity index (χ3n) is 3.97. The van der Waals surface area contributed by atoms with E-state index in [2.05, 4.69) is 17.4 Å². The first-order valence-corrected chi connectivity index (χ1v) is 9.33. The van der Waals surface area contributed by atoms with Gasteiger partial charge in [-0.3, -0.25) is 9.59 Å². The molecule has 2 amide bonds. The van der Waals surface area contributed by atoms with Gasteiger partial charge in [0.25, 0.3) is 0 Å². The highest BCUT2D eigenvalue weighted by Gasteiger charge is 2.13. The summed E-state index contributed by atoms with van der Waals surface area (Å²) >= 11 is 5.88. The zero-order valence-corrected chi connectivity index (χ0v) is 16.2. The Morgan fingerprint density at radius 3 is 2.59 bits per heavy atom. The van der Waals surface area contributed by atoms with Crippen LogP contribution in [0.25, 0.3) is 0 Å². The Hall–Kier alpha value is -2.37. The predicted molar refractivity (Wildman–Crippen MR) is 108 cm³/mol. The van der Waals surface area contributed by atoms with Crippen molar-refractivity contribution < 1.29 is 14.3 Å². The first kappa shape index (κ1) is 20.9. The Kier molecular flexibility index (Phi) is 8.81. The summed E-state index contributed by atoms with van der Waals surface area (Å²) in [6, 6.07) is 17.0. The van der Waals surface area contributed by atoms with E-state index in [-0.39, 0.29) is 18.4 Å². The number of hydrogen-bond donors (Lipinski definition) is 1. The Morgan fingerprint density at radius 1 is 1.07 bits per heavy atom. The molecular formula is C21H25ClN2O3. The lowest BCUT2D eigenvalue weighted by Gasteiger charge is -2.17. The van der Waals surface area contributed by atoms with Crippen LogP contribution in [0.5, 0.6) is 0 Å². The second kappa shape index (κ2) is 11.4. The lowest BCUT2D eigenvalue weighted by atomic mass is 10.2. The van der Waals surface area contributed by atoms with Crippen LogP contribution in [0.15, 0.2) is 54.6 Å². The Labute approximate surface area is 165 Å². The van der Waals surface area contributed by atoms with Crippen molar-refractivity contribution >= 4 is 29.1 Å². The monoisotopic (exact) mass is 388 g/mol. The third kappa shape index (κ3) is 8.24. The summed E-state index contributed by atoms with van der Waals surface area (Å²) in [7, 11) is 1.62. The highest BCUT2D eigenvalue weighted by atomic mass is 35.5. The van der Waals surface area contributed by atoms with E-state index in [0.29, 0.717) is 36.8 Å². The van der Waals surface area contributed by atoms with E-state index in [1.807, 2.05) is 18.2 Å². The normalized spacial score (nSPS) is 10.4. The molecule has 5 nitrogen and oxygen atoms in total. The number of halogens is 1. The summed E-state index contributed by atoms with van der Waals surface area (Å²) in [4.78, 5) is 25.5. The molecule has 0 radical (unpaired) electrons. The van der Waals surface area contributed by atoms with Crippen LogP contribution < -0.4 is 5.32 Å². The van der Waals surface area contributed by atoms with Crippen LogP contribution in [0.4, 0.5) is 5.69 Å². The first-order chi connectivity index (χ1) is 13.0. The van der Waals surface area contributed by atoms with E-state index in [0.717, 1.165) is 6.42 Å². The van der Waals surface area contributed by atoms with Crippen molar-refractivity contribution in [3.05, 3.63) is 65.2 Å². The van der Waals surface area contributed by atoms with Gasteiger partial charge in [-0.05, 0) is 36.6 Å². The van der Waals surface area contributed by atoms with E-state index in [1.54, 1.807) is 31.3 Å². The molecule has 0 aliphatic heterocycles. The van der Waals surface area contributed by atoms with Gasteiger partial charge in [-0.15, -0.1) is 0 Å². The molecule has 0 aliphatic carbocycles. The number of anilines is 1. The smallest absolute Gasteiger partial charge is 0.243 e. The van der Waals surface area contributed by atoms with Gasteiger partial charge >= 0.3 is 0 Å². The predicted octanol–water partition coefficient (Wildman–Crippen LogP) is 3.78. The van der Waals surface area contributed by atoms with Gasteiger partial charge < -0.3 is 15.0 Å². The molecule has 0 atom stereocenters. The quantitative estimate of drug-likeness (QED) is 0.630. The fourth-order valence-electron chi connectivity index (χ4n) is 2.52. The SMILES string of the molecule is CN(CC(=O)Nc1cccc(Cl)c1)C(=O)CCCOCCc1ccccc1. The van der Waals surface area contributed by atoms with E-state index in [9.17, 15) is 9.59 Å². The average Bonchev–Trinajstić information content (AvgIpc) is 2.65. The van der Waals surface area contributed by atoms with E-state index < -0.39 is 0 Å². The van der Waals surface area contributed by atoms with Gasteiger partial charge in [0, 0.05) is 30.8 Å². The minimum Gasteiger partial charge on any atom is -0.381 e. The number of rotatable bonds is 10. The number of nitrogens with zero attached hydrogens (tertiary/aromatic N) is 1. The van der Waals surface area contributed by atoms with Crippen LogP contribution in [0.1, 0.15) is 18.4 Å². The molecule has 0 saturated carbocycles. The summed E-state index contributed by atoms with van der Waals surface area (Å²) in [5, 5.41) is 3.27. The number of carbonyl (C=O) groups excluding carboxylic acids is 2. The van der Waals surface area contributed by atoms with Gasteiger partial charge in [-0.25, -0.2) is 0 Å². The second-order valence-corrected chi connectivity index (χ2v) is 6.70. The molecule has 6 heteroatoms. The summed E-state index contributed by atoms with van der Waals surface area (Å²) in [5.74, 6) is -0.338. The highest BCUT2D eigenvalue weighted by molar-refractivity contribution is 6.30. The molecule has 2 aromatic rings. The van der Waals surface area contributed by atoms with Crippen molar-refractivity contribution in [2.24, 2.45) is 0 Å². The minimum atomic E-state index is -0.257. The maximum atomic E-state index is 12.1. The number of likely N-dealkylation sites (N-methyl/N-ethyl adjacent to an activating group) is 1. The van der Waals surface area contributed by atoms with Crippen molar-refractivity contribution in [3.8, 4) is 0 Å². The largest absolute Gasteiger partial charge is 0.381 e. The second-order valence-electron chi connectivity index (χ2n) is 6.26. The zero-order chi connectivity index (χ0) is 19.5. The number of amides is 2. The summed E-state index contributed by atoms with van der Waals surface area (Å²) in [5.41, 5.74) is 1.85. The zero-order valence-electron chi connectivity index (χ0n) is 15.5. The molecule has 0 aromatic heterocycles. The van der Waals surface area contributed by atoms with E-state index in [4.69, 9.17) is 16.3 Å². The van der Waals surface area contributed by atoms with Crippen LogP contribution >= 0.6 is 11.6 Å². The molecule has 0 bridgehead atoms. The summed E-state index contributed by atoms with van der Waals surface area (Å²) < 4.78 is 5.58.